The monoisotopic (exact) mass is 429 g/mol. The number of nitrogens with one attached hydrogen (secondary N) is 1. The number of aryl methyl sites for hydroxylation is 1. The summed E-state index contributed by atoms with van der Waals surface area (Å²) in [5.74, 6) is 2.09. The summed E-state index contributed by atoms with van der Waals surface area (Å²) in [4.78, 5) is 11.8. The minimum absolute atomic E-state index is 0.121. The van der Waals surface area contributed by atoms with Crippen molar-refractivity contribution in [1.29, 1.82) is 0 Å². The number of fused-ring (bicyclic) bond motifs is 1. The number of halogens is 1. The third-order valence-corrected chi connectivity index (χ3v) is 6.40. The Hall–Kier alpha value is -2.21. The molecule has 4 nitrogen and oxygen atoms in total. The van der Waals surface area contributed by atoms with Crippen LogP contribution < -0.4 is 14.8 Å². The third kappa shape index (κ3) is 5.09. The van der Waals surface area contributed by atoms with Gasteiger partial charge >= 0.3 is 0 Å². The second-order valence-electron chi connectivity index (χ2n) is 8.03. The van der Waals surface area contributed by atoms with Crippen LogP contribution in [-0.4, -0.2) is 30.1 Å². The van der Waals surface area contributed by atoms with Gasteiger partial charge in [-0.15, -0.1) is 0 Å². The normalized spacial score (nSPS) is 23.2. The van der Waals surface area contributed by atoms with Gasteiger partial charge in [-0.3, -0.25) is 4.79 Å². The van der Waals surface area contributed by atoms with Gasteiger partial charge in [0.25, 0.3) is 0 Å². The van der Waals surface area contributed by atoms with Crippen LogP contribution in [0.5, 0.6) is 11.5 Å². The number of carbonyl (C=O) groups excluding carboxylic acids is 1. The minimum atomic E-state index is -0.248. The molecule has 0 radical (unpaired) electrons. The fourth-order valence-electron chi connectivity index (χ4n) is 4.31. The molecule has 30 heavy (non-hydrogen) atoms. The summed E-state index contributed by atoms with van der Waals surface area (Å²) in [6, 6.07) is 13.0. The fourth-order valence-corrected chi connectivity index (χ4v) is 4.66. The Kier molecular flexibility index (Phi) is 6.82. The van der Waals surface area contributed by atoms with Crippen LogP contribution in [0.1, 0.15) is 49.3 Å². The molecular formula is C24H28FNO3S. The summed E-state index contributed by atoms with van der Waals surface area (Å²) in [6.45, 7) is 0. The Labute approximate surface area is 181 Å². The number of ether oxygens (including phenoxy) is 2. The minimum Gasteiger partial charge on any atom is -0.490 e. The topological polar surface area (TPSA) is 47.6 Å². The van der Waals surface area contributed by atoms with Crippen molar-refractivity contribution in [3.63, 3.8) is 0 Å². The van der Waals surface area contributed by atoms with E-state index in [1.165, 1.54) is 6.07 Å². The molecule has 2 aromatic rings. The zero-order chi connectivity index (χ0) is 20.9. The lowest BCUT2D eigenvalue weighted by Gasteiger charge is -2.30. The quantitative estimate of drug-likeness (QED) is 0.697. The van der Waals surface area contributed by atoms with E-state index in [-0.39, 0.29) is 30.0 Å². The average Bonchev–Trinajstić information content (AvgIpc) is 2.75. The fraction of sp³-hybridized carbons (Fsp3) is 0.458. The summed E-state index contributed by atoms with van der Waals surface area (Å²) in [6.07, 6.45) is 7.22. The first-order valence-electron chi connectivity index (χ1n) is 10.6. The van der Waals surface area contributed by atoms with Crippen LogP contribution >= 0.6 is 11.8 Å². The number of thioether (sulfide) groups is 1. The van der Waals surface area contributed by atoms with Crippen LogP contribution in [-0.2, 0) is 11.2 Å². The van der Waals surface area contributed by atoms with E-state index in [1.54, 1.807) is 23.9 Å². The van der Waals surface area contributed by atoms with Crippen molar-refractivity contribution in [2.24, 2.45) is 0 Å². The van der Waals surface area contributed by atoms with Crippen LogP contribution in [0.2, 0.25) is 0 Å². The largest absolute Gasteiger partial charge is 0.490 e. The van der Waals surface area contributed by atoms with Crippen LogP contribution in [0.4, 0.5) is 4.39 Å². The second kappa shape index (κ2) is 9.73. The molecule has 1 fully saturated rings. The summed E-state index contributed by atoms with van der Waals surface area (Å²) < 4.78 is 26.4. The Morgan fingerprint density at radius 2 is 1.97 bits per heavy atom. The van der Waals surface area contributed by atoms with E-state index in [0.29, 0.717) is 11.3 Å². The first-order chi connectivity index (χ1) is 14.6. The summed E-state index contributed by atoms with van der Waals surface area (Å²) in [7, 11) is 0. The van der Waals surface area contributed by atoms with E-state index < -0.39 is 0 Å². The first kappa shape index (κ1) is 21.0. The number of carbonyl (C=O) groups is 1. The Morgan fingerprint density at radius 3 is 2.73 bits per heavy atom. The molecule has 2 aliphatic rings. The van der Waals surface area contributed by atoms with Gasteiger partial charge in [0.15, 0.2) is 0 Å². The van der Waals surface area contributed by atoms with Crippen molar-refractivity contribution in [1.82, 2.24) is 5.32 Å². The third-order valence-electron chi connectivity index (χ3n) is 5.85. The number of benzene rings is 2. The second-order valence-corrected chi connectivity index (χ2v) is 8.89. The molecule has 0 bridgehead atoms. The predicted molar refractivity (Wildman–Crippen MR) is 118 cm³/mol. The van der Waals surface area contributed by atoms with Gasteiger partial charge in [-0.05, 0) is 74.6 Å². The smallest absolute Gasteiger partial charge is 0.230 e. The van der Waals surface area contributed by atoms with Crippen molar-refractivity contribution in [3.05, 3.63) is 59.4 Å². The highest BCUT2D eigenvalue weighted by Gasteiger charge is 2.26. The Balaban J connectivity index is 1.32. The van der Waals surface area contributed by atoms with Crippen molar-refractivity contribution in [2.45, 2.75) is 56.8 Å². The van der Waals surface area contributed by atoms with Gasteiger partial charge in [0.2, 0.25) is 5.91 Å². The summed E-state index contributed by atoms with van der Waals surface area (Å²) in [5.41, 5.74) is 1.72. The molecule has 1 amide bonds. The van der Waals surface area contributed by atoms with Gasteiger partial charge < -0.3 is 14.8 Å². The lowest BCUT2D eigenvalue weighted by atomic mass is 9.93. The average molecular weight is 430 g/mol. The molecule has 1 saturated carbocycles. The van der Waals surface area contributed by atoms with E-state index >= 15 is 0 Å². The van der Waals surface area contributed by atoms with Crippen molar-refractivity contribution >= 4 is 17.7 Å². The molecule has 0 saturated heterocycles. The van der Waals surface area contributed by atoms with Crippen LogP contribution in [0.25, 0.3) is 0 Å². The van der Waals surface area contributed by atoms with Gasteiger partial charge in [-0.2, -0.15) is 11.8 Å². The van der Waals surface area contributed by atoms with Crippen molar-refractivity contribution < 1.29 is 18.7 Å². The van der Waals surface area contributed by atoms with Crippen LogP contribution in [0, 0.1) is 5.82 Å². The maximum absolute atomic E-state index is 14.1. The lowest BCUT2D eigenvalue weighted by Crippen LogP contribution is -2.40. The zero-order valence-corrected chi connectivity index (χ0v) is 18.1. The molecule has 1 aliphatic carbocycles. The van der Waals surface area contributed by atoms with Crippen molar-refractivity contribution in [2.75, 3.05) is 12.0 Å². The standard InChI is InChI=1S/C24H28FNO3S/c1-30-15-24(27)26-17-7-9-18(10-8-17)28-19-11-13-22-16(14-19)6-12-23(29-22)20-4-2-3-5-21(20)25/h2-5,11,13-14,17-18,23H,6-10,12,15H2,1H3,(H,26,27)/t17-,18-,23?. The molecule has 0 spiro atoms. The number of hydrogen-bond acceptors (Lipinski definition) is 4. The summed E-state index contributed by atoms with van der Waals surface area (Å²) >= 11 is 1.55. The molecule has 1 unspecified atom stereocenters. The highest BCUT2D eigenvalue weighted by Crippen LogP contribution is 2.38. The molecule has 1 aliphatic heterocycles. The van der Waals surface area contributed by atoms with Gasteiger partial charge in [0.05, 0.1) is 11.9 Å². The maximum atomic E-state index is 14.1. The SMILES string of the molecule is CSCC(=O)N[C@H]1CC[C@H](Oc2ccc3c(c2)CCC(c2ccccc2F)O3)CC1. The lowest BCUT2D eigenvalue weighted by molar-refractivity contribution is -0.119. The number of amides is 1. The van der Waals surface area contributed by atoms with E-state index in [4.69, 9.17) is 9.47 Å². The molecule has 0 aromatic heterocycles. The van der Waals surface area contributed by atoms with Gasteiger partial charge in [0, 0.05) is 11.6 Å². The Morgan fingerprint density at radius 1 is 1.17 bits per heavy atom. The number of rotatable bonds is 6. The highest BCUT2D eigenvalue weighted by atomic mass is 32.2. The van der Waals surface area contributed by atoms with Crippen LogP contribution in [0.3, 0.4) is 0 Å². The number of hydrogen-bond donors (Lipinski definition) is 1. The van der Waals surface area contributed by atoms with Crippen molar-refractivity contribution in [3.8, 4) is 11.5 Å². The molecule has 160 valence electrons. The molecule has 2 aromatic carbocycles. The van der Waals surface area contributed by atoms with Gasteiger partial charge in [0.1, 0.15) is 23.4 Å². The summed E-state index contributed by atoms with van der Waals surface area (Å²) in [5, 5.41) is 3.11. The maximum Gasteiger partial charge on any atom is 0.230 e. The van der Waals surface area contributed by atoms with E-state index in [0.717, 1.165) is 55.6 Å². The first-order valence-corrected chi connectivity index (χ1v) is 12.0. The molecule has 1 atom stereocenters. The Bertz CT molecular complexity index is 883. The van der Waals surface area contributed by atoms with Crippen LogP contribution in [0.15, 0.2) is 42.5 Å². The molecule has 6 heteroatoms. The molecule has 1 heterocycles. The van der Waals surface area contributed by atoms with Gasteiger partial charge in [-0.25, -0.2) is 4.39 Å². The van der Waals surface area contributed by atoms with Gasteiger partial charge in [-0.1, -0.05) is 18.2 Å². The van der Waals surface area contributed by atoms with E-state index in [1.807, 2.05) is 24.5 Å². The van der Waals surface area contributed by atoms with E-state index in [9.17, 15) is 9.18 Å². The highest BCUT2D eigenvalue weighted by molar-refractivity contribution is 7.99. The predicted octanol–water partition coefficient (Wildman–Crippen LogP) is 5.06. The van der Waals surface area contributed by atoms with E-state index in [2.05, 4.69) is 11.4 Å². The molecule has 4 rings (SSSR count). The molecule has 1 N–H and O–H groups in total. The molecular weight excluding hydrogens is 401 g/mol. The zero-order valence-electron chi connectivity index (χ0n) is 17.2.